The first-order chi connectivity index (χ1) is 12.2. The number of thiophene rings is 1. The lowest BCUT2D eigenvalue weighted by atomic mass is 9.95. The number of rotatable bonds is 1. The van der Waals surface area contributed by atoms with E-state index in [1.54, 1.807) is 0 Å². The minimum absolute atomic E-state index is 0.223. The van der Waals surface area contributed by atoms with E-state index < -0.39 is 11.6 Å². The van der Waals surface area contributed by atoms with Gasteiger partial charge in [-0.3, -0.25) is 0 Å². The molecule has 3 heterocycles. The summed E-state index contributed by atoms with van der Waals surface area (Å²) in [4.78, 5) is 1.51. The monoisotopic (exact) mass is 356 g/mol. The van der Waals surface area contributed by atoms with E-state index in [0.29, 0.717) is 5.56 Å². The van der Waals surface area contributed by atoms with Crippen LogP contribution in [0.1, 0.15) is 46.1 Å². The number of fused-ring (bicyclic) bond motifs is 5. The summed E-state index contributed by atoms with van der Waals surface area (Å²) in [6.07, 6.45) is 6.88. The third-order valence-corrected chi connectivity index (χ3v) is 6.59. The molecule has 1 atom stereocenters. The van der Waals surface area contributed by atoms with E-state index in [1.807, 2.05) is 23.5 Å². The Morgan fingerprint density at radius 2 is 1.84 bits per heavy atom. The maximum atomic E-state index is 13.7. The normalized spacial score (nSPS) is 19.0. The average molecular weight is 356 g/mol. The van der Waals surface area contributed by atoms with Crippen molar-refractivity contribution in [3.63, 3.8) is 0 Å². The average Bonchev–Trinajstić information content (AvgIpc) is 3.16. The van der Waals surface area contributed by atoms with Crippen LogP contribution in [0.3, 0.4) is 0 Å². The number of nitrogens with zero attached hydrogens (tertiary/aromatic N) is 1. The highest BCUT2D eigenvalue weighted by Gasteiger charge is 2.28. The molecule has 2 nitrogen and oxygen atoms in total. The van der Waals surface area contributed by atoms with E-state index in [1.165, 1.54) is 52.4 Å². The Hall–Kier alpha value is -1.98. The van der Waals surface area contributed by atoms with Gasteiger partial charge in [0.25, 0.3) is 0 Å². The predicted molar refractivity (Wildman–Crippen MR) is 95.3 cm³/mol. The van der Waals surface area contributed by atoms with Crippen LogP contribution in [0.25, 0.3) is 5.00 Å². The second-order valence-electron chi connectivity index (χ2n) is 6.81. The van der Waals surface area contributed by atoms with Gasteiger partial charge in [0.1, 0.15) is 16.6 Å². The zero-order chi connectivity index (χ0) is 17.0. The molecule has 2 aliphatic rings. The molecule has 128 valence electrons. The standard InChI is InChI=1S/C20H18F2N2S/c21-13-8-12(9-14(22)10-13)19-17-5-3-7-24(17)20-16(11-23-19)15-4-1-2-6-18(15)25-20/h3,5,7-10,19,23H,1-2,4,6,11H2/t19-/m0/s1. The van der Waals surface area contributed by atoms with E-state index >= 15 is 0 Å². The van der Waals surface area contributed by atoms with Crippen molar-refractivity contribution in [1.29, 1.82) is 0 Å². The van der Waals surface area contributed by atoms with Gasteiger partial charge in [-0.2, -0.15) is 0 Å². The van der Waals surface area contributed by atoms with Crippen molar-refractivity contribution < 1.29 is 8.78 Å². The molecule has 0 bridgehead atoms. The Kier molecular flexibility index (Phi) is 3.54. The zero-order valence-electron chi connectivity index (χ0n) is 13.7. The number of hydrogen-bond acceptors (Lipinski definition) is 2. The van der Waals surface area contributed by atoms with Gasteiger partial charge in [0, 0.05) is 34.9 Å². The van der Waals surface area contributed by atoms with Crippen molar-refractivity contribution in [2.75, 3.05) is 0 Å². The van der Waals surface area contributed by atoms with Gasteiger partial charge in [0.05, 0.1) is 6.04 Å². The quantitative estimate of drug-likeness (QED) is 0.657. The molecule has 2 aromatic heterocycles. The molecule has 0 amide bonds. The molecule has 1 aliphatic carbocycles. The predicted octanol–water partition coefficient (Wildman–Crippen LogP) is 4.89. The van der Waals surface area contributed by atoms with Gasteiger partial charge in [0.15, 0.2) is 0 Å². The summed E-state index contributed by atoms with van der Waals surface area (Å²) >= 11 is 1.88. The third-order valence-electron chi connectivity index (χ3n) is 5.26. The second-order valence-corrected chi connectivity index (χ2v) is 7.90. The summed E-state index contributed by atoms with van der Waals surface area (Å²) in [5, 5.41) is 4.80. The molecule has 0 unspecified atom stereocenters. The molecule has 0 radical (unpaired) electrons. The minimum Gasteiger partial charge on any atom is -0.310 e. The van der Waals surface area contributed by atoms with Crippen LogP contribution in [-0.4, -0.2) is 4.57 Å². The van der Waals surface area contributed by atoms with Crippen molar-refractivity contribution in [2.45, 2.75) is 38.3 Å². The van der Waals surface area contributed by atoms with Crippen molar-refractivity contribution in [1.82, 2.24) is 9.88 Å². The molecule has 0 fully saturated rings. The highest BCUT2D eigenvalue weighted by molar-refractivity contribution is 7.15. The van der Waals surface area contributed by atoms with Gasteiger partial charge >= 0.3 is 0 Å². The smallest absolute Gasteiger partial charge is 0.126 e. The molecule has 0 saturated heterocycles. The maximum Gasteiger partial charge on any atom is 0.126 e. The number of aromatic nitrogens is 1. The Balaban J connectivity index is 1.65. The molecule has 5 heteroatoms. The van der Waals surface area contributed by atoms with Crippen LogP contribution >= 0.6 is 11.3 Å². The summed E-state index contributed by atoms with van der Waals surface area (Å²) in [5.41, 5.74) is 4.50. The van der Waals surface area contributed by atoms with E-state index in [0.717, 1.165) is 24.7 Å². The SMILES string of the molecule is Fc1cc(F)cc([C@@H]2NCc3c(sc4c3CCCC4)-n3cccc32)c1. The van der Waals surface area contributed by atoms with E-state index in [9.17, 15) is 8.78 Å². The van der Waals surface area contributed by atoms with Gasteiger partial charge < -0.3 is 9.88 Å². The molecule has 5 rings (SSSR count). The van der Waals surface area contributed by atoms with Gasteiger partial charge in [-0.25, -0.2) is 8.78 Å². The van der Waals surface area contributed by atoms with Crippen molar-refractivity contribution >= 4 is 11.3 Å². The highest BCUT2D eigenvalue weighted by Crippen LogP contribution is 2.40. The van der Waals surface area contributed by atoms with Gasteiger partial charge in [-0.15, -0.1) is 11.3 Å². The number of nitrogens with one attached hydrogen (secondary N) is 1. The topological polar surface area (TPSA) is 17.0 Å². The van der Waals surface area contributed by atoms with Crippen LogP contribution in [0.5, 0.6) is 0 Å². The van der Waals surface area contributed by atoms with E-state index in [-0.39, 0.29) is 6.04 Å². The first kappa shape index (κ1) is 15.3. The fourth-order valence-corrected chi connectivity index (χ4v) is 5.56. The third kappa shape index (κ3) is 2.45. The summed E-state index contributed by atoms with van der Waals surface area (Å²) in [6.45, 7) is 0.728. The first-order valence-electron chi connectivity index (χ1n) is 8.71. The Bertz CT molecular complexity index is 937. The molecular weight excluding hydrogens is 338 g/mol. The number of benzene rings is 1. The zero-order valence-corrected chi connectivity index (χ0v) is 14.5. The Morgan fingerprint density at radius 3 is 2.68 bits per heavy atom. The Morgan fingerprint density at radius 1 is 1.04 bits per heavy atom. The summed E-state index contributed by atoms with van der Waals surface area (Å²) in [6, 6.07) is 7.59. The van der Waals surface area contributed by atoms with Gasteiger partial charge in [-0.1, -0.05) is 0 Å². The van der Waals surface area contributed by atoms with Crippen molar-refractivity contribution in [3.8, 4) is 5.00 Å². The fourth-order valence-electron chi connectivity index (χ4n) is 4.15. The Labute approximate surface area is 149 Å². The molecule has 0 spiro atoms. The van der Waals surface area contributed by atoms with Crippen LogP contribution in [0.4, 0.5) is 8.78 Å². The van der Waals surface area contributed by atoms with E-state index in [2.05, 4.69) is 16.1 Å². The molecule has 25 heavy (non-hydrogen) atoms. The number of halogens is 2. The summed E-state index contributed by atoms with van der Waals surface area (Å²) in [5.74, 6) is -1.07. The fraction of sp³-hybridized carbons (Fsp3) is 0.300. The maximum absolute atomic E-state index is 13.7. The van der Waals surface area contributed by atoms with E-state index in [4.69, 9.17) is 0 Å². The molecule has 1 N–H and O–H groups in total. The van der Waals surface area contributed by atoms with Crippen LogP contribution in [0.15, 0.2) is 36.5 Å². The second kappa shape index (κ2) is 5.78. The van der Waals surface area contributed by atoms with Crippen molar-refractivity contribution in [3.05, 3.63) is 75.4 Å². The molecular formula is C20H18F2N2S. The van der Waals surface area contributed by atoms with Gasteiger partial charge in [-0.05, 0) is 61.1 Å². The largest absolute Gasteiger partial charge is 0.310 e. The first-order valence-corrected chi connectivity index (χ1v) is 9.53. The minimum atomic E-state index is -0.536. The van der Waals surface area contributed by atoms with Crippen LogP contribution in [0.2, 0.25) is 0 Å². The van der Waals surface area contributed by atoms with Crippen LogP contribution in [-0.2, 0) is 19.4 Å². The lowest BCUT2D eigenvalue weighted by Gasteiger charge is -2.19. The molecule has 1 aliphatic heterocycles. The highest BCUT2D eigenvalue weighted by atomic mass is 32.1. The summed E-state index contributed by atoms with van der Waals surface area (Å²) < 4.78 is 29.7. The lowest BCUT2D eigenvalue weighted by molar-refractivity contribution is 0.556. The number of aryl methyl sites for hydroxylation is 1. The van der Waals surface area contributed by atoms with Crippen molar-refractivity contribution in [2.24, 2.45) is 0 Å². The summed E-state index contributed by atoms with van der Waals surface area (Å²) in [7, 11) is 0. The van der Waals surface area contributed by atoms with Crippen LogP contribution in [0, 0.1) is 11.6 Å². The van der Waals surface area contributed by atoms with Gasteiger partial charge in [0.2, 0.25) is 0 Å². The molecule has 1 aromatic carbocycles. The molecule has 0 saturated carbocycles. The number of hydrogen-bond donors (Lipinski definition) is 1. The molecule has 3 aromatic rings. The van der Waals surface area contributed by atoms with Crippen LogP contribution < -0.4 is 5.32 Å². The lowest BCUT2D eigenvalue weighted by Crippen LogP contribution is -2.22.